The number of benzene rings is 4. The monoisotopic (exact) mass is 655 g/mol. The van der Waals surface area contributed by atoms with E-state index in [9.17, 15) is 22.5 Å². The highest BCUT2D eigenvalue weighted by atomic mass is 127. The molecule has 4 rings (SSSR count). The summed E-state index contributed by atoms with van der Waals surface area (Å²) in [6.45, 7) is 1.31. The van der Waals surface area contributed by atoms with Crippen LogP contribution >= 0.6 is 30.3 Å². The lowest BCUT2D eigenvalue weighted by atomic mass is 10.1. The number of carbonyl (C=O) groups excluding carboxylic acids is 1. The van der Waals surface area contributed by atoms with Gasteiger partial charge in [0.25, 0.3) is 0 Å². The number of nitrogens with one attached hydrogen (secondary N) is 1. The molecule has 38 heavy (non-hydrogen) atoms. The molecule has 1 N–H and O–H groups in total. The van der Waals surface area contributed by atoms with E-state index in [1.54, 1.807) is 83.3 Å². The van der Waals surface area contributed by atoms with Gasteiger partial charge in [-0.1, -0.05) is 66.7 Å². The minimum absolute atomic E-state index is 0.0453. The van der Waals surface area contributed by atoms with Crippen molar-refractivity contribution in [2.75, 3.05) is 0 Å². The first-order valence-corrected chi connectivity index (χ1v) is 14.0. The summed E-state index contributed by atoms with van der Waals surface area (Å²) in [7, 11) is -4.64. The summed E-state index contributed by atoms with van der Waals surface area (Å²) in [6.07, 6.45) is -4.79. The number of carbonyl (C=O) groups is 1. The van der Waals surface area contributed by atoms with Crippen LogP contribution in [-0.2, 0) is 26.9 Å². The maximum absolute atomic E-state index is 14.0. The molecule has 0 fully saturated rings. The zero-order valence-electron chi connectivity index (χ0n) is 19.9. The summed E-state index contributed by atoms with van der Waals surface area (Å²) in [6, 6.07) is 22.9. The van der Waals surface area contributed by atoms with Crippen LogP contribution in [0.15, 0.2) is 91.0 Å². The van der Waals surface area contributed by atoms with Crippen LogP contribution in [0.4, 0.5) is 13.2 Å². The Kier molecular flexibility index (Phi) is 8.64. The number of fused-ring (bicyclic) bond motifs is 1. The van der Waals surface area contributed by atoms with Crippen molar-refractivity contribution in [1.82, 2.24) is 5.09 Å². The van der Waals surface area contributed by atoms with E-state index in [1.165, 1.54) is 19.1 Å². The highest BCUT2D eigenvalue weighted by molar-refractivity contribution is 14.1. The van der Waals surface area contributed by atoms with Gasteiger partial charge >= 0.3 is 19.9 Å². The number of hydrogen-bond acceptors (Lipinski definition) is 5. The Balaban J connectivity index is 1.65. The van der Waals surface area contributed by atoms with Gasteiger partial charge in [0.1, 0.15) is 24.1 Å². The van der Waals surface area contributed by atoms with E-state index in [-0.39, 0.29) is 12.4 Å². The van der Waals surface area contributed by atoms with Crippen molar-refractivity contribution in [3.8, 4) is 11.5 Å². The second kappa shape index (κ2) is 11.8. The van der Waals surface area contributed by atoms with Crippen molar-refractivity contribution in [3.05, 3.63) is 106 Å². The summed E-state index contributed by atoms with van der Waals surface area (Å²) in [5.74, 6) is -1.40. The van der Waals surface area contributed by atoms with Crippen molar-refractivity contribution in [2.24, 2.45) is 0 Å². The first kappa shape index (κ1) is 27.9. The first-order chi connectivity index (χ1) is 18.0. The van der Waals surface area contributed by atoms with Crippen molar-refractivity contribution in [3.63, 3.8) is 0 Å². The van der Waals surface area contributed by atoms with Gasteiger partial charge in [0.05, 0.1) is 5.56 Å². The lowest BCUT2D eigenvalue weighted by Crippen LogP contribution is -2.36. The number of halogens is 4. The predicted octanol–water partition coefficient (Wildman–Crippen LogP) is 7.75. The number of rotatable bonds is 9. The van der Waals surface area contributed by atoms with Crippen molar-refractivity contribution in [1.29, 1.82) is 0 Å². The molecule has 0 radical (unpaired) electrons. The smallest absolute Gasteiger partial charge is 0.460 e. The molecule has 0 aliphatic rings. The Morgan fingerprint density at radius 2 is 1.58 bits per heavy atom. The third-order valence-electron chi connectivity index (χ3n) is 5.36. The van der Waals surface area contributed by atoms with E-state index >= 15 is 0 Å². The van der Waals surface area contributed by atoms with E-state index in [2.05, 4.69) is 5.09 Å². The van der Waals surface area contributed by atoms with Gasteiger partial charge in [0.15, 0.2) is 0 Å². The minimum atomic E-state index is -4.79. The molecular formula is C27H22F3INO5P. The standard InChI is InChI=1S/C27H22F3INO5P/c1-18(26(33)35-17-19-8-3-2-4-9-19)32-38(34,36-24-13-7-11-20-10-5-6-12-22(20)24)37-25-15-14-21(31)16-23(25)27(28,29)30/h2-16,18H,17H2,1H3,(H,32,34)/t18-,38?/m0/s1. The highest BCUT2D eigenvalue weighted by Crippen LogP contribution is 2.50. The van der Waals surface area contributed by atoms with Gasteiger partial charge in [0.2, 0.25) is 0 Å². The fourth-order valence-corrected chi connectivity index (χ4v) is 5.60. The van der Waals surface area contributed by atoms with Crippen molar-refractivity contribution >= 4 is 47.1 Å². The van der Waals surface area contributed by atoms with Gasteiger partial charge < -0.3 is 13.8 Å². The van der Waals surface area contributed by atoms with Crippen LogP contribution in [0.25, 0.3) is 10.8 Å². The number of hydrogen-bond donors (Lipinski definition) is 1. The quantitative estimate of drug-likeness (QED) is 0.113. The summed E-state index contributed by atoms with van der Waals surface area (Å²) in [4.78, 5) is 12.7. The Morgan fingerprint density at radius 1 is 0.921 bits per heavy atom. The predicted molar refractivity (Wildman–Crippen MR) is 146 cm³/mol. The molecule has 0 amide bonds. The molecule has 198 valence electrons. The molecule has 0 bridgehead atoms. The number of alkyl halides is 3. The Bertz CT molecular complexity index is 1480. The molecule has 4 aromatic carbocycles. The van der Waals surface area contributed by atoms with Crippen LogP contribution in [0.3, 0.4) is 0 Å². The van der Waals surface area contributed by atoms with Gasteiger partial charge in [-0.3, -0.25) is 4.79 Å². The van der Waals surface area contributed by atoms with Gasteiger partial charge in [0, 0.05) is 8.96 Å². The third kappa shape index (κ3) is 7.06. The molecule has 0 aromatic heterocycles. The van der Waals surface area contributed by atoms with Crippen molar-refractivity contribution < 1.29 is 36.3 Å². The van der Waals surface area contributed by atoms with Crippen LogP contribution in [0, 0.1) is 3.57 Å². The van der Waals surface area contributed by atoms with Crippen LogP contribution in [0.1, 0.15) is 18.1 Å². The molecule has 0 saturated carbocycles. The Morgan fingerprint density at radius 3 is 2.32 bits per heavy atom. The van der Waals surface area contributed by atoms with Gasteiger partial charge in [-0.2, -0.15) is 18.3 Å². The van der Waals surface area contributed by atoms with E-state index in [1.807, 2.05) is 6.07 Å². The fraction of sp³-hybridized carbons (Fsp3) is 0.148. The topological polar surface area (TPSA) is 73.9 Å². The molecule has 6 nitrogen and oxygen atoms in total. The lowest BCUT2D eigenvalue weighted by molar-refractivity contribution is -0.146. The number of esters is 1. The second-order valence-electron chi connectivity index (χ2n) is 8.24. The third-order valence-corrected chi connectivity index (χ3v) is 7.61. The first-order valence-electron chi connectivity index (χ1n) is 11.4. The average molecular weight is 655 g/mol. The molecule has 1 unspecified atom stereocenters. The van der Waals surface area contributed by atoms with Gasteiger partial charge in [-0.15, -0.1) is 0 Å². The summed E-state index contributed by atoms with van der Waals surface area (Å²) in [5.41, 5.74) is -0.402. The molecule has 0 heterocycles. The van der Waals surface area contributed by atoms with E-state index < -0.39 is 37.2 Å². The van der Waals surface area contributed by atoms with Crippen LogP contribution < -0.4 is 14.1 Å². The Hall–Kier alpha value is -3.08. The molecule has 2 atom stereocenters. The molecule has 0 aliphatic heterocycles. The fourth-order valence-electron chi connectivity index (χ4n) is 3.55. The molecule has 0 saturated heterocycles. The minimum Gasteiger partial charge on any atom is -0.460 e. The van der Waals surface area contributed by atoms with E-state index in [0.717, 1.165) is 23.1 Å². The van der Waals surface area contributed by atoms with Gasteiger partial charge in [-0.25, -0.2) is 4.57 Å². The summed E-state index contributed by atoms with van der Waals surface area (Å²) in [5, 5.41) is 3.75. The summed E-state index contributed by atoms with van der Waals surface area (Å²) < 4.78 is 72.1. The zero-order chi connectivity index (χ0) is 27.3. The van der Waals surface area contributed by atoms with Crippen LogP contribution in [0.5, 0.6) is 11.5 Å². The Labute approximate surface area is 230 Å². The van der Waals surface area contributed by atoms with Crippen LogP contribution in [0.2, 0.25) is 0 Å². The van der Waals surface area contributed by atoms with E-state index in [0.29, 0.717) is 8.96 Å². The second-order valence-corrected chi connectivity index (χ2v) is 11.1. The van der Waals surface area contributed by atoms with Gasteiger partial charge in [-0.05, 0) is 64.7 Å². The molecule has 0 spiro atoms. The molecule has 4 aromatic rings. The average Bonchev–Trinajstić information content (AvgIpc) is 2.88. The van der Waals surface area contributed by atoms with Crippen molar-refractivity contribution in [2.45, 2.75) is 25.7 Å². The van der Waals surface area contributed by atoms with Crippen LogP contribution in [-0.4, -0.2) is 12.0 Å². The lowest BCUT2D eigenvalue weighted by Gasteiger charge is -2.25. The highest BCUT2D eigenvalue weighted by Gasteiger charge is 2.40. The zero-order valence-corrected chi connectivity index (χ0v) is 23.0. The molecular weight excluding hydrogens is 633 g/mol. The molecule has 0 aliphatic carbocycles. The SMILES string of the molecule is C[C@H](NP(=O)(Oc1ccc(I)cc1C(F)(F)F)Oc1cccc2ccccc12)C(=O)OCc1ccccc1. The molecule has 11 heteroatoms. The maximum Gasteiger partial charge on any atom is 0.513 e. The summed E-state index contributed by atoms with van der Waals surface area (Å²) >= 11 is 1.74. The maximum atomic E-state index is 14.0. The largest absolute Gasteiger partial charge is 0.513 e. The van der Waals surface area contributed by atoms with E-state index in [4.69, 9.17) is 13.8 Å². The normalized spacial score (nSPS) is 13.9. The number of ether oxygens (including phenoxy) is 1.